The Morgan fingerprint density at radius 3 is 2.18 bits per heavy atom. The molecule has 0 spiro atoms. The molecule has 1 N–H and O–H groups in total. The first kappa shape index (κ1) is 42.5. The van der Waals surface area contributed by atoms with Crippen LogP contribution in [0.3, 0.4) is 0 Å². The molecule has 1 rings (SSSR count). The van der Waals surface area contributed by atoms with E-state index in [9.17, 15) is 14.4 Å². The summed E-state index contributed by atoms with van der Waals surface area (Å²) in [6.45, 7) is 25.8. The number of aliphatic hydroxyl groups is 1. The van der Waals surface area contributed by atoms with Gasteiger partial charge in [0.05, 0.1) is 31.8 Å². The highest BCUT2D eigenvalue weighted by molar-refractivity contribution is 8.47. The number of amides is 1. The molecule has 1 amide bonds. The Hall–Kier alpha value is -1.50. The molecule has 8 nitrogen and oxygen atoms in total. The normalized spacial score (nSPS) is 14.9. The van der Waals surface area contributed by atoms with Crippen LogP contribution in [0.15, 0.2) is 37.0 Å². The fourth-order valence-electron chi connectivity index (χ4n) is 4.20. The van der Waals surface area contributed by atoms with Crippen molar-refractivity contribution in [3.05, 3.63) is 37.0 Å². The minimum absolute atomic E-state index is 0.0108. The molecule has 0 saturated carbocycles. The molecular weight excluding hydrogens is 619 g/mol. The number of morpholine rings is 1. The lowest BCUT2D eigenvalue weighted by molar-refractivity contribution is -0.154. The van der Waals surface area contributed by atoms with Crippen LogP contribution in [0.1, 0.15) is 68.2 Å². The first-order chi connectivity index (χ1) is 20.5. The lowest BCUT2D eigenvalue weighted by Gasteiger charge is -2.41. The molecule has 0 aromatic rings. The maximum Gasteiger partial charge on any atom is 0.332 e. The molecule has 0 aliphatic carbocycles. The summed E-state index contributed by atoms with van der Waals surface area (Å²) in [7, 11) is 0. The first-order valence-corrected chi connectivity index (χ1v) is 17.3. The van der Waals surface area contributed by atoms with Gasteiger partial charge >= 0.3 is 5.97 Å². The van der Waals surface area contributed by atoms with Crippen LogP contribution in [0.2, 0.25) is 0 Å². The predicted octanol–water partition coefficient (Wildman–Crippen LogP) is 6.27. The van der Waals surface area contributed by atoms with Gasteiger partial charge in [-0.15, -0.1) is 23.5 Å². The molecule has 0 aromatic heterocycles. The molecule has 252 valence electrons. The van der Waals surface area contributed by atoms with Gasteiger partial charge in [-0.05, 0) is 51.5 Å². The summed E-state index contributed by atoms with van der Waals surface area (Å²) < 4.78 is 15.6. The molecule has 1 aliphatic rings. The van der Waals surface area contributed by atoms with Crippen molar-refractivity contribution in [1.82, 2.24) is 4.90 Å². The Labute approximate surface area is 279 Å². The fraction of sp³-hybridized carbons (Fsp3) is 0.697. The second kappa shape index (κ2) is 22.1. The van der Waals surface area contributed by atoms with E-state index < -0.39 is 5.97 Å². The van der Waals surface area contributed by atoms with Crippen LogP contribution in [0.25, 0.3) is 0 Å². The quantitative estimate of drug-likeness (QED) is 0.108. The Morgan fingerprint density at radius 2 is 1.68 bits per heavy atom. The van der Waals surface area contributed by atoms with E-state index in [1.165, 1.54) is 11.8 Å². The molecular formula is C33H55NO7S3. The number of thiocarbonyl (C=S) groups is 1. The van der Waals surface area contributed by atoms with Crippen LogP contribution in [0.4, 0.5) is 0 Å². The van der Waals surface area contributed by atoms with Gasteiger partial charge in [0.25, 0.3) is 0 Å². The number of thioether (sulfide) groups is 2. The third kappa shape index (κ3) is 18.5. The molecule has 1 unspecified atom stereocenters. The summed E-state index contributed by atoms with van der Waals surface area (Å²) in [5.74, 6) is -0.126. The van der Waals surface area contributed by atoms with E-state index in [0.29, 0.717) is 32.1 Å². The van der Waals surface area contributed by atoms with Crippen molar-refractivity contribution in [3.8, 4) is 0 Å². The molecule has 1 heterocycles. The van der Waals surface area contributed by atoms with Crippen molar-refractivity contribution in [1.29, 1.82) is 0 Å². The van der Waals surface area contributed by atoms with Gasteiger partial charge in [-0.2, -0.15) is 0 Å². The molecule has 0 bridgehead atoms. The Balaban J connectivity index is 0.00000111. The standard InChI is InChI=1S/C23H37NO3S3.C10H18O4/c1-7-9-18(8-2)16-22(3,4)17-19(20(26)24-10-13-27-14-11-24)23(5,6)30-21(28)29-15-12-25;1-7(2)9(11)5-14-10(12)6-13-8(3)4/h7-9,19,25H,1-2,10-17H2,3-6H3;7-8H,5-6H2,1-4H3/b18-9+;. The topological polar surface area (TPSA) is 102 Å². The average molecular weight is 674 g/mol. The van der Waals surface area contributed by atoms with Crippen molar-refractivity contribution in [2.75, 3.05) is 51.9 Å². The minimum Gasteiger partial charge on any atom is -0.456 e. The molecule has 0 radical (unpaired) electrons. The number of carbonyl (C=O) groups is 3. The number of rotatable bonds is 17. The first-order valence-electron chi connectivity index (χ1n) is 15.1. The summed E-state index contributed by atoms with van der Waals surface area (Å²) in [6.07, 6.45) is 7.17. The third-order valence-electron chi connectivity index (χ3n) is 6.71. The zero-order valence-corrected chi connectivity index (χ0v) is 30.5. The maximum atomic E-state index is 13.6. The van der Waals surface area contributed by atoms with E-state index in [1.54, 1.807) is 31.7 Å². The summed E-state index contributed by atoms with van der Waals surface area (Å²) in [4.78, 5) is 37.6. The van der Waals surface area contributed by atoms with Crippen LogP contribution in [0.5, 0.6) is 0 Å². The second-order valence-electron chi connectivity index (χ2n) is 12.4. The van der Waals surface area contributed by atoms with Gasteiger partial charge < -0.3 is 24.2 Å². The molecule has 1 atom stereocenters. The highest BCUT2D eigenvalue weighted by Crippen LogP contribution is 2.44. The van der Waals surface area contributed by atoms with Crippen molar-refractivity contribution in [2.24, 2.45) is 17.3 Å². The lowest BCUT2D eigenvalue weighted by atomic mass is 9.74. The van der Waals surface area contributed by atoms with Crippen molar-refractivity contribution >= 4 is 56.9 Å². The van der Waals surface area contributed by atoms with Crippen molar-refractivity contribution in [3.63, 3.8) is 0 Å². The number of aliphatic hydroxyl groups excluding tert-OH is 1. The van der Waals surface area contributed by atoms with Crippen LogP contribution in [-0.2, 0) is 28.6 Å². The number of allylic oxidation sites excluding steroid dienone is 4. The highest BCUT2D eigenvalue weighted by Gasteiger charge is 2.42. The minimum atomic E-state index is -0.493. The maximum absolute atomic E-state index is 13.6. The predicted molar refractivity (Wildman–Crippen MR) is 188 cm³/mol. The SMILES string of the molecule is C=C/C=C(\C=C)CC(C)(C)CC(C(=O)N1CCOCC1)C(C)(C)SC(=S)SCCO.CC(C)OCC(=O)OCC(=O)C(C)C. The molecule has 0 aromatic carbocycles. The molecule has 11 heteroatoms. The fourth-order valence-corrected chi connectivity index (χ4v) is 7.24. The van der Waals surface area contributed by atoms with Crippen molar-refractivity contribution < 1.29 is 33.7 Å². The summed E-state index contributed by atoms with van der Waals surface area (Å²) in [5, 5.41) is 9.10. The van der Waals surface area contributed by atoms with Crippen LogP contribution in [0, 0.1) is 17.3 Å². The Morgan fingerprint density at radius 1 is 1.07 bits per heavy atom. The van der Waals surface area contributed by atoms with Gasteiger partial charge in [0.2, 0.25) is 5.91 Å². The molecule has 1 aliphatic heterocycles. The summed E-state index contributed by atoms with van der Waals surface area (Å²) in [6, 6.07) is 0. The Kier molecular flexibility index (Phi) is 21.3. The number of carbonyl (C=O) groups excluding carboxylic acids is 3. The Bertz CT molecular complexity index is 970. The van der Waals surface area contributed by atoms with E-state index >= 15 is 0 Å². The van der Waals surface area contributed by atoms with E-state index in [4.69, 9.17) is 31.5 Å². The van der Waals surface area contributed by atoms with Crippen molar-refractivity contribution in [2.45, 2.75) is 79.1 Å². The second-order valence-corrected chi connectivity index (χ2v) is 16.3. The van der Waals surface area contributed by atoms with Gasteiger partial charge in [-0.1, -0.05) is 71.3 Å². The third-order valence-corrected chi connectivity index (χ3v) is 9.51. The summed E-state index contributed by atoms with van der Waals surface area (Å²) in [5.41, 5.74) is 1.01. The number of ether oxygens (including phenoxy) is 3. The number of hydrogen-bond donors (Lipinski definition) is 1. The summed E-state index contributed by atoms with van der Waals surface area (Å²) >= 11 is 8.58. The van der Waals surface area contributed by atoms with Gasteiger partial charge in [0.1, 0.15) is 16.7 Å². The number of nitrogens with zero attached hydrogens (tertiary/aromatic N) is 1. The van der Waals surface area contributed by atoms with E-state index in [0.717, 1.165) is 21.9 Å². The van der Waals surface area contributed by atoms with E-state index in [2.05, 4.69) is 40.9 Å². The number of ketones is 1. The largest absolute Gasteiger partial charge is 0.456 e. The van der Waals surface area contributed by atoms with E-state index in [1.807, 2.05) is 30.9 Å². The highest BCUT2D eigenvalue weighted by atomic mass is 32.2. The lowest BCUT2D eigenvalue weighted by Crippen LogP contribution is -2.49. The van der Waals surface area contributed by atoms with Crippen LogP contribution >= 0.6 is 35.7 Å². The molecule has 1 saturated heterocycles. The van der Waals surface area contributed by atoms with Crippen LogP contribution < -0.4 is 0 Å². The van der Waals surface area contributed by atoms with Gasteiger partial charge in [0.15, 0.2) is 5.78 Å². The molecule has 44 heavy (non-hydrogen) atoms. The zero-order chi connectivity index (χ0) is 33.9. The van der Waals surface area contributed by atoms with Gasteiger partial charge in [-0.25, -0.2) is 4.79 Å². The van der Waals surface area contributed by atoms with Gasteiger partial charge in [-0.3, -0.25) is 9.59 Å². The monoisotopic (exact) mass is 673 g/mol. The molecule has 1 fully saturated rings. The number of Topliss-reactive ketones (excluding diaryl/α,β-unsaturated/α-hetero) is 1. The van der Waals surface area contributed by atoms with E-state index in [-0.39, 0.29) is 59.6 Å². The van der Waals surface area contributed by atoms with Gasteiger partial charge in [0, 0.05) is 29.5 Å². The smallest absolute Gasteiger partial charge is 0.332 e. The zero-order valence-electron chi connectivity index (χ0n) is 28.0. The number of esters is 1. The average Bonchev–Trinajstić information content (AvgIpc) is 2.96. The number of hydrogen-bond acceptors (Lipinski definition) is 10. The van der Waals surface area contributed by atoms with Crippen LogP contribution in [-0.4, -0.2) is 93.9 Å².